The van der Waals surface area contributed by atoms with Gasteiger partial charge in [-0.05, 0) is 26.2 Å². The maximum absolute atomic E-state index is 12.5. The lowest BCUT2D eigenvalue weighted by Crippen LogP contribution is -2.50. The third-order valence-corrected chi connectivity index (χ3v) is 5.68. The molecule has 1 saturated heterocycles. The first-order valence-electron chi connectivity index (χ1n) is 6.37. The molecule has 0 aliphatic carbocycles. The van der Waals surface area contributed by atoms with Gasteiger partial charge in [-0.3, -0.25) is 0 Å². The van der Waals surface area contributed by atoms with Gasteiger partial charge in [0.25, 0.3) is 10.2 Å². The SMILES string of the molecule is CCCN(CCBr)S(=O)(=O)N1CCCCC1C. The Labute approximate surface area is 114 Å². The minimum atomic E-state index is -3.26. The van der Waals surface area contributed by atoms with Crippen LogP contribution in [0.5, 0.6) is 0 Å². The average molecular weight is 327 g/mol. The first kappa shape index (κ1) is 15.4. The topological polar surface area (TPSA) is 40.6 Å². The van der Waals surface area contributed by atoms with Gasteiger partial charge < -0.3 is 0 Å². The number of halogens is 1. The first-order valence-corrected chi connectivity index (χ1v) is 8.88. The minimum absolute atomic E-state index is 0.142. The van der Waals surface area contributed by atoms with Crippen molar-refractivity contribution in [1.82, 2.24) is 8.61 Å². The highest BCUT2D eigenvalue weighted by Gasteiger charge is 2.33. The lowest BCUT2D eigenvalue weighted by molar-refractivity contribution is 0.246. The van der Waals surface area contributed by atoms with E-state index in [4.69, 9.17) is 0 Å². The number of alkyl halides is 1. The van der Waals surface area contributed by atoms with Crippen molar-refractivity contribution >= 4 is 26.1 Å². The van der Waals surface area contributed by atoms with E-state index in [0.717, 1.165) is 25.7 Å². The number of piperidine rings is 1. The number of hydrogen-bond acceptors (Lipinski definition) is 2. The number of rotatable bonds is 6. The fourth-order valence-corrected chi connectivity index (χ4v) is 4.86. The van der Waals surface area contributed by atoms with Crippen LogP contribution >= 0.6 is 15.9 Å². The maximum atomic E-state index is 12.5. The fourth-order valence-electron chi connectivity index (χ4n) is 2.25. The van der Waals surface area contributed by atoms with Crippen LogP contribution in [0, 0.1) is 0 Å². The minimum Gasteiger partial charge on any atom is -0.195 e. The molecule has 1 rings (SSSR count). The summed E-state index contributed by atoms with van der Waals surface area (Å²) in [7, 11) is -3.26. The largest absolute Gasteiger partial charge is 0.282 e. The van der Waals surface area contributed by atoms with Crippen LogP contribution in [0.3, 0.4) is 0 Å². The van der Waals surface area contributed by atoms with Crippen molar-refractivity contribution in [2.45, 2.75) is 45.6 Å². The van der Waals surface area contributed by atoms with Crippen molar-refractivity contribution in [1.29, 1.82) is 0 Å². The molecule has 1 aliphatic rings. The highest BCUT2D eigenvalue weighted by molar-refractivity contribution is 9.09. The molecule has 0 bridgehead atoms. The summed E-state index contributed by atoms with van der Waals surface area (Å²) in [5.41, 5.74) is 0. The molecule has 1 heterocycles. The van der Waals surface area contributed by atoms with E-state index in [1.165, 1.54) is 0 Å². The Morgan fingerprint density at radius 2 is 2.06 bits per heavy atom. The zero-order chi connectivity index (χ0) is 12.9. The quantitative estimate of drug-likeness (QED) is 0.702. The van der Waals surface area contributed by atoms with Crippen LogP contribution in [0.4, 0.5) is 0 Å². The molecule has 0 radical (unpaired) electrons. The lowest BCUT2D eigenvalue weighted by Gasteiger charge is -2.36. The summed E-state index contributed by atoms with van der Waals surface area (Å²) in [6, 6.07) is 0.142. The second-order valence-corrected chi connectivity index (χ2v) is 7.23. The summed E-state index contributed by atoms with van der Waals surface area (Å²) in [6.45, 7) is 5.86. The highest BCUT2D eigenvalue weighted by Crippen LogP contribution is 2.22. The number of nitrogens with zero attached hydrogens (tertiary/aromatic N) is 2. The first-order chi connectivity index (χ1) is 8.04. The molecule has 1 fully saturated rings. The van der Waals surface area contributed by atoms with Crippen LogP contribution in [-0.2, 0) is 10.2 Å². The zero-order valence-corrected chi connectivity index (χ0v) is 13.1. The monoisotopic (exact) mass is 326 g/mol. The van der Waals surface area contributed by atoms with Crippen LogP contribution in [-0.4, -0.2) is 48.0 Å². The van der Waals surface area contributed by atoms with Crippen LogP contribution in [0.15, 0.2) is 0 Å². The van der Waals surface area contributed by atoms with Crippen molar-refractivity contribution in [3.63, 3.8) is 0 Å². The summed E-state index contributed by atoms with van der Waals surface area (Å²) in [4.78, 5) is 0. The Kier molecular flexibility index (Phi) is 6.40. The van der Waals surface area contributed by atoms with E-state index >= 15 is 0 Å². The van der Waals surface area contributed by atoms with Gasteiger partial charge in [-0.2, -0.15) is 17.0 Å². The third-order valence-electron chi connectivity index (χ3n) is 3.17. The molecule has 4 nitrogen and oxygen atoms in total. The van der Waals surface area contributed by atoms with Crippen LogP contribution in [0.25, 0.3) is 0 Å². The normalized spacial score (nSPS) is 23.2. The van der Waals surface area contributed by atoms with Gasteiger partial charge in [-0.15, -0.1) is 0 Å². The van der Waals surface area contributed by atoms with E-state index in [0.29, 0.717) is 25.0 Å². The Hall–Kier alpha value is 0.350. The van der Waals surface area contributed by atoms with Gasteiger partial charge in [0.05, 0.1) is 0 Å². The van der Waals surface area contributed by atoms with Crippen molar-refractivity contribution in [3.8, 4) is 0 Å². The molecule has 1 aliphatic heterocycles. The van der Waals surface area contributed by atoms with Crippen molar-refractivity contribution in [3.05, 3.63) is 0 Å². The summed E-state index contributed by atoms with van der Waals surface area (Å²) >= 11 is 3.33. The van der Waals surface area contributed by atoms with E-state index in [1.807, 2.05) is 13.8 Å². The molecule has 17 heavy (non-hydrogen) atoms. The molecular formula is C11H23BrN2O2S. The predicted molar refractivity (Wildman–Crippen MR) is 74.6 cm³/mol. The van der Waals surface area contributed by atoms with Crippen molar-refractivity contribution in [2.24, 2.45) is 0 Å². The van der Waals surface area contributed by atoms with E-state index in [1.54, 1.807) is 8.61 Å². The second kappa shape index (κ2) is 7.07. The van der Waals surface area contributed by atoms with Crippen LogP contribution in [0.1, 0.15) is 39.5 Å². The fraction of sp³-hybridized carbons (Fsp3) is 1.00. The van der Waals surface area contributed by atoms with Gasteiger partial charge in [-0.25, -0.2) is 0 Å². The molecule has 0 saturated carbocycles. The smallest absolute Gasteiger partial charge is 0.195 e. The molecule has 0 N–H and O–H groups in total. The van der Waals surface area contributed by atoms with Crippen molar-refractivity contribution < 1.29 is 8.42 Å². The van der Waals surface area contributed by atoms with Gasteiger partial charge in [0.15, 0.2) is 0 Å². The molecule has 0 aromatic carbocycles. The number of hydrogen-bond donors (Lipinski definition) is 0. The Morgan fingerprint density at radius 1 is 1.35 bits per heavy atom. The van der Waals surface area contributed by atoms with Gasteiger partial charge in [0, 0.05) is 31.0 Å². The van der Waals surface area contributed by atoms with Gasteiger partial charge in [0.1, 0.15) is 0 Å². The zero-order valence-electron chi connectivity index (χ0n) is 10.7. The summed E-state index contributed by atoms with van der Waals surface area (Å²) in [5, 5.41) is 0.689. The Balaban J connectivity index is 2.81. The van der Waals surface area contributed by atoms with E-state index < -0.39 is 10.2 Å². The standard InChI is InChI=1S/C11H23BrN2O2S/c1-3-8-13(10-7-12)17(15,16)14-9-5-4-6-11(14)2/h11H,3-10H2,1-2H3. The lowest BCUT2D eigenvalue weighted by atomic mass is 10.1. The molecule has 0 amide bonds. The average Bonchev–Trinajstić information content (AvgIpc) is 2.29. The molecular weight excluding hydrogens is 304 g/mol. The predicted octanol–water partition coefficient (Wildman–Crippen LogP) is 2.21. The van der Waals surface area contributed by atoms with E-state index in [2.05, 4.69) is 15.9 Å². The maximum Gasteiger partial charge on any atom is 0.282 e. The molecule has 102 valence electrons. The Bertz CT molecular complexity index is 315. The van der Waals surface area contributed by atoms with E-state index in [9.17, 15) is 8.42 Å². The van der Waals surface area contributed by atoms with Gasteiger partial charge >= 0.3 is 0 Å². The molecule has 1 unspecified atom stereocenters. The summed E-state index contributed by atoms with van der Waals surface area (Å²) in [6.07, 6.45) is 3.96. The summed E-state index contributed by atoms with van der Waals surface area (Å²) in [5.74, 6) is 0. The van der Waals surface area contributed by atoms with E-state index in [-0.39, 0.29) is 6.04 Å². The Morgan fingerprint density at radius 3 is 2.59 bits per heavy atom. The molecule has 0 spiro atoms. The molecule has 0 aromatic heterocycles. The summed E-state index contributed by atoms with van der Waals surface area (Å²) < 4.78 is 28.3. The van der Waals surface area contributed by atoms with Crippen LogP contribution in [0.2, 0.25) is 0 Å². The molecule has 1 atom stereocenters. The highest BCUT2D eigenvalue weighted by atomic mass is 79.9. The van der Waals surface area contributed by atoms with Crippen molar-refractivity contribution in [2.75, 3.05) is 25.0 Å². The second-order valence-electron chi connectivity index (χ2n) is 4.55. The van der Waals surface area contributed by atoms with Gasteiger partial charge in [0.2, 0.25) is 0 Å². The third kappa shape index (κ3) is 3.91. The van der Waals surface area contributed by atoms with Crippen LogP contribution < -0.4 is 0 Å². The molecule has 6 heteroatoms. The molecule has 0 aromatic rings. The van der Waals surface area contributed by atoms with Gasteiger partial charge in [-0.1, -0.05) is 29.3 Å².